The van der Waals surface area contributed by atoms with Crippen molar-refractivity contribution in [2.75, 3.05) is 20.2 Å². The molecule has 94 valence electrons. The van der Waals surface area contributed by atoms with Crippen LogP contribution in [0, 0.1) is 0 Å². The number of piperidine rings is 1. The molecule has 3 heteroatoms. The standard InChI is InChI=1S/C14H22N2O/c1-11(16-9-7-13(15)8-10-16)12-3-5-14(17-2)6-4-12/h3-6,11,13H,7-10,15H2,1-2H3/t11-/m0/s1. The van der Waals surface area contributed by atoms with E-state index in [-0.39, 0.29) is 0 Å². The number of hydrogen-bond acceptors (Lipinski definition) is 3. The third-order valence-corrected chi connectivity index (χ3v) is 3.72. The van der Waals surface area contributed by atoms with E-state index in [1.807, 2.05) is 12.1 Å². The number of benzene rings is 1. The zero-order valence-electron chi connectivity index (χ0n) is 10.7. The van der Waals surface area contributed by atoms with Gasteiger partial charge in [0, 0.05) is 25.2 Å². The summed E-state index contributed by atoms with van der Waals surface area (Å²) < 4.78 is 5.18. The number of ether oxygens (including phenoxy) is 1. The van der Waals surface area contributed by atoms with Gasteiger partial charge in [0.05, 0.1) is 7.11 Å². The van der Waals surface area contributed by atoms with Gasteiger partial charge < -0.3 is 10.5 Å². The Kier molecular flexibility index (Phi) is 4.02. The van der Waals surface area contributed by atoms with Crippen LogP contribution in [0.4, 0.5) is 0 Å². The van der Waals surface area contributed by atoms with Crippen molar-refractivity contribution in [3.63, 3.8) is 0 Å². The molecule has 2 N–H and O–H groups in total. The highest BCUT2D eigenvalue weighted by molar-refractivity contribution is 5.28. The number of hydrogen-bond donors (Lipinski definition) is 1. The van der Waals surface area contributed by atoms with Gasteiger partial charge in [-0.1, -0.05) is 12.1 Å². The summed E-state index contributed by atoms with van der Waals surface area (Å²) >= 11 is 0. The Morgan fingerprint density at radius 1 is 1.24 bits per heavy atom. The molecule has 1 aliphatic rings. The lowest BCUT2D eigenvalue weighted by atomic mass is 10.0. The zero-order valence-corrected chi connectivity index (χ0v) is 10.7. The first-order valence-electron chi connectivity index (χ1n) is 6.34. The van der Waals surface area contributed by atoms with E-state index in [1.165, 1.54) is 5.56 Å². The van der Waals surface area contributed by atoms with Crippen molar-refractivity contribution in [1.29, 1.82) is 0 Å². The summed E-state index contributed by atoms with van der Waals surface area (Å²) in [6.07, 6.45) is 2.22. The lowest BCUT2D eigenvalue weighted by Gasteiger charge is -2.35. The van der Waals surface area contributed by atoms with Crippen LogP contribution in [0.1, 0.15) is 31.4 Å². The first-order chi connectivity index (χ1) is 8.20. The second-order valence-corrected chi connectivity index (χ2v) is 4.82. The molecule has 0 bridgehead atoms. The van der Waals surface area contributed by atoms with Crippen molar-refractivity contribution < 1.29 is 4.74 Å². The van der Waals surface area contributed by atoms with Gasteiger partial charge in [-0.25, -0.2) is 0 Å². The van der Waals surface area contributed by atoms with E-state index >= 15 is 0 Å². The molecule has 1 heterocycles. The molecule has 1 aromatic rings. The fourth-order valence-corrected chi connectivity index (χ4v) is 2.40. The SMILES string of the molecule is COc1ccc([C@H](C)N2CCC(N)CC2)cc1. The number of nitrogens with two attached hydrogens (primary N) is 1. The average Bonchev–Trinajstić information content (AvgIpc) is 2.39. The Labute approximate surface area is 104 Å². The Hall–Kier alpha value is -1.06. The fraction of sp³-hybridized carbons (Fsp3) is 0.571. The summed E-state index contributed by atoms with van der Waals surface area (Å²) in [5.41, 5.74) is 7.28. The molecule has 0 aliphatic carbocycles. The largest absolute Gasteiger partial charge is 0.497 e. The van der Waals surface area contributed by atoms with Crippen LogP contribution < -0.4 is 10.5 Å². The molecule has 0 unspecified atom stereocenters. The molecule has 0 aromatic heterocycles. The summed E-state index contributed by atoms with van der Waals surface area (Å²) in [5.74, 6) is 0.918. The molecule has 17 heavy (non-hydrogen) atoms. The minimum atomic E-state index is 0.398. The molecule has 1 aliphatic heterocycles. The van der Waals surface area contributed by atoms with Gasteiger partial charge >= 0.3 is 0 Å². The number of methoxy groups -OCH3 is 1. The topological polar surface area (TPSA) is 38.5 Å². The summed E-state index contributed by atoms with van der Waals surface area (Å²) in [6.45, 7) is 4.47. The molecular weight excluding hydrogens is 212 g/mol. The first-order valence-corrected chi connectivity index (χ1v) is 6.34. The van der Waals surface area contributed by atoms with Crippen LogP contribution >= 0.6 is 0 Å². The molecule has 0 radical (unpaired) electrons. The van der Waals surface area contributed by atoms with E-state index in [0.29, 0.717) is 12.1 Å². The predicted octanol–water partition coefficient (Wildman–Crippen LogP) is 2.18. The molecule has 0 saturated carbocycles. The Balaban J connectivity index is 2.00. The lowest BCUT2D eigenvalue weighted by molar-refractivity contribution is 0.163. The maximum absolute atomic E-state index is 5.93. The quantitative estimate of drug-likeness (QED) is 0.871. The van der Waals surface area contributed by atoms with E-state index in [2.05, 4.69) is 24.0 Å². The normalized spacial score (nSPS) is 20.2. The van der Waals surface area contributed by atoms with Crippen molar-refractivity contribution >= 4 is 0 Å². The van der Waals surface area contributed by atoms with Crippen LogP contribution in [0.15, 0.2) is 24.3 Å². The van der Waals surface area contributed by atoms with Gasteiger partial charge in [-0.3, -0.25) is 4.90 Å². The second kappa shape index (κ2) is 5.52. The van der Waals surface area contributed by atoms with Gasteiger partial charge in [-0.05, 0) is 37.5 Å². The van der Waals surface area contributed by atoms with Crippen molar-refractivity contribution in [3.8, 4) is 5.75 Å². The minimum absolute atomic E-state index is 0.398. The molecule has 1 saturated heterocycles. The first kappa shape index (κ1) is 12.4. The van der Waals surface area contributed by atoms with E-state index in [1.54, 1.807) is 7.11 Å². The fourth-order valence-electron chi connectivity index (χ4n) is 2.40. The summed E-state index contributed by atoms with van der Waals surface area (Å²) in [7, 11) is 1.70. The van der Waals surface area contributed by atoms with Crippen LogP contribution in [-0.4, -0.2) is 31.1 Å². The van der Waals surface area contributed by atoms with Crippen molar-refractivity contribution in [1.82, 2.24) is 4.90 Å². The van der Waals surface area contributed by atoms with E-state index in [9.17, 15) is 0 Å². The van der Waals surface area contributed by atoms with Crippen LogP contribution in [0.5, 0.6) is 5.75 Å². The van der Waals surface area contributed by atoms with Gasteiger partial charge in [-0.15, -0.1) is 0 Å². The summed E-state index contributed by atoms with van der Waals surface area (Å²) in [5, 5.41) is 0. The molecule has 0 amide bonds. The number of rotatable bonds is 3. The molecule has 1 fully saturated rings. The van der Waals surface area contributed by atoms with E-state index < -0.39 is 0 Å². The molecule has 1 atom stereocenters. The summed E-state index contributed by atoms with van der Waals surface area (Å²) in [6, 6.07) is 9.22. The van der Waals surface area contributed by atoms with E-state index in [0.717, 1.165) is 31.7 Å². The van der Waals surface area contributed by atoms with Crippen LogP contribution in [0.25, 0.3) is 0 Å². The Morgan fingerprint density at radius 2 is 1.82 bits per heavy atom. The maximum Gasteiger partial charge on any atom is 0.118 e. The van der Waals surface area contributed by atoms with Crippen molar-refractivity contribution in [2.24, 2.45) is 5.73 Å². The van der Waals surface area contributed by atoms with E-state index in [4.69, 9.17) is 10.5 Å². The highest BCUT2D eigenvalue weighted by Crippen LogP contribution is 2.25. The zero-order chi connectivity index (χ0) is 12.3. The van der Waals surface area contributed by atoms with Gasteiger partial charge in [0.2, 0.25) is 0 Å². The van der Waals surface area contributed by atoms with Gasteiger partial charge in [0.15, 0.2) is 0 Å². The molecule has 2 rings (SSSR count). The maximum atomic E-state index is 5.93. The van der Waals surface area contributed by atoms with Gasteiger partial charge in [0.25, 0.3) is 0 Å². The molecule has 3 nitrogen and oxygen atoms in total. The van der Waals surface area contributed by atoms with Crippen molar-refractivity contribution in [3.05, 3.63) is 29.8 Å². The Bertz CT molecular complexity index is 342. The third kappa shape index (κ3) is 2.99. The van der Waals surface area contributed by atoms with Crippen LogP contribution in [0.2, 0.25) is 0 Å². The van der Waals surface area contributed by atoms with Crippen LogP contribution in [0.3, 0.4) is 0 Å². The third-order valence-electron chi connectivity index (χ3n) is 3.72. The minimum Gasteiger partial charge on any atom is -0.497 e. The molecular formula is C14H22N2O. The van der Waals surface area contributed by atoms with Crippen LogP contribution in [-0.2, 0) is 0 Å². The monoisotopic (exact) mass is 234 g/mol. The second-order valence-electron chi connectivity index (χ2n) is 4.82. The lowest BCUT2D eigenvalue weighted by Crippen LogP contribution is -2.40. The highest BCUT2D eigenvalue weighted by Gasteiger charge is 2.21. The van der Waals surface area contributed by atoms with Crippen molar-refractivity contribution in [2.45, 2.75) is 31.8 Å². The summed E-state index contributed by atoms with van der Waals surface area (Å²) in [4.78, 5) is 2.51. The van der Waals surface area contributed by atoms with Gasteiger partial charge in [-0.2, -0.15) is 0 Å². The average molecular weight is 234 g/mol. The molecule has 0 spiro atoms. The number of nitrogens with zero attached hydrogens (tertiary/aromatic N) is 1. The number of likely N-dealkylation sites (tertiary alicyclic amines) is 1. The van der Waals surface area contributed by atoms with Gasteiger partial charge in [0.1, 0.15) is 5.75 Å². The smallest absolute Gasteiger partial charge is 0.118 e. The Morgan fingerprint density at radius 3 is 2.35 bits per heavy atom. The predicted molar refractivity (Wildman–Crippen MR) is 70.2 cm³/mol. The highest BCUT2D eigenvalue weighted by atomic mass is 16.5. The molecule has 1 aromatic carbocycles.